The number of hydrogen-bond acceptors (Lipinski definition) is 11. The van der Waals surface area contributed by atoms with Crippen molar-refractivity contribution in [3.05, 3.63) is 64.0 Å². The number of nitrogens with zero attached hydrogens (tertiary/aromatic N) is 5. The van der Waals surface area contributed by atoms with E-state index in [2.05, 4.69) is 36.1 Å². The van der Waals surface area contributed by atoms with Gasteiger partial charge in [-0.05, 0) is 35.9 Å². The fraction of sp³-hybridized carbons (Fsp3) is 0.259. The van der Waals surface area contributed by atoms with E-state index >= 15 is 0 Å². The summed E-state index contributed by atoms with van der Waals surface area (Å²) in [5.74, 6) is 0.0906. The number of benzene rings is 1. The van der Waals surface area contributed by atoms with Gasteiger partial charge in [-0.3, -0.25) is 9.59 Å². The SMILES string of the molecule is BC(B)(B)NC(=O)c1nnc(Nc2cc(C)c(F)cn2)cc1Nc1cccc(-c2csc(C(=O)N3CCOCC3)n2)c1OC. The van der Waals surface area contributed by atoms with E-state index in [1.54, 1.807) is 30.0 Å². The van der Waals surface area contributed by atoms with E-state index in [4.69, 9.17) is 9.47 Å². The molecule has 4 aromatic rings. The number of thiazole rings is 1. The predicted molar refractivity (Wildman–Crippen MR) is 174 cm³/mol. The third-order valence-electron chi connectivity index (χ3n) is 6.55. The molecule has 0 unspecified atom stereocenters. The van der Waals surface area contributed by atoms with Gasteiger partial charge in [0.05, 0.1) is 43.6 Å². The van der Waals surface area contributed by atoms with Crippen molar-refractivity contribution in [2.75, 3.05) is 44.0 Å². The summed E-state index contributed by atoms with van der Waals surface area (Å²) in [7, 11) is 7.12. The Bertz CT molecular complexity index is 1700. The largest absolute Gasteiger partial charge is 0.494 e. The summed E-state index contributed by atoms with van der Waals surface area (Å²) >= 11 is 1.26. The van der Waals surface area contributed by atoms with Crippen molar-refractivity contribution in [2.24, 2.45) is 0 Å². The summed E-state index contributed by atoms with van der Waals surface area (Å²) in [4.78, 5) is 36.7. The molecule has 0 atom stereocenters. The molecule has 12 nitrogen and oxygen atoms in total. The number of pyridine rings is 1. The van der Waals surface area contributed by atoms with Gasteiger partial charge in [-0.1, -0.05) is 6.07 Å². The summed E-state index contributed by atoms with van der Waals surface area (Å²) in [5.41, 5.74) is 2.55. The normalized spacial score (nSPS) is 13.3. The lowest BCUT2D eigenvalue weighted by Crippen LogP contribution is -2.50. The highest BCUT2D eigenvalue weighted by Crippen LogP contribution is 2.39. The zero-order chi connectivity index (χ0) is 31.4. The number of nitrogens with one attached hydrogen (secondary N) is 3. The van der Waals surface area contributed by atoms with Gasteiger partial charge in [-0.15, -0.1) is 21.5 Å². The smallest absolute Gasteiger partial charge is 0.283 e. The van der Waals surface area contributed by atoms with Crippen LogP contribution in [0.2, 0.25) is 0 Å². The van der Waals surface area contributed by atoms with Crippen LogP contribution in [-0.4, -0.2) is 99.1 Å². The number of carbonyl (C=O) groups excluding carboxylic acids is 2. The van der Waals surface area contributed by atoms with Crippen LogP contribution in [0.15, 0.2) is 41.9 Å². The molecule has 4 heterocycles. The van der Waals surface area contributed by atoms with Gasteiger partial charge in [0, 0.05) is 30.1 Å². The molecule has 44 heavy (non-hydrogen) atoms. The fourth-order valence-corrected chi connectivity index (χ4v) is 5.24. The second-order valence-corrected chi connectivity index (χ2v) is 12.0. The van der Waals surface area contributed by atoms with Crippen LogP contribution in [0.4, 0.5) is 27.4 Å². The average Bonchev–Trinajstić information content (AvgIpc) is 3.48. The quantitative estimate of drug-likeness (QED) is 0.230. The van der Waals surface area contributed by atoms with E-state index < -0.39 is 17.0 Å². The summed E-state index contributed by atoms with van der Waals surface area (Å²) in [6, 6.07) is 8.60. The van der Waals surface area contributed by atoms with E-state index in [1.807, 2.05) is 41.1 Å². The molecule has 1 aliphatic rings. The number of hydrogen-bond donors (Lipinski definition) is 3. The molecule has 2 amide bonds. The van der Waals surface area contributed by atoms with Crippen LogP contribution in [0.5, 0.6) is 5.75 Å². The molecular formula is C27H30B3FN8O4S. The van der Waals surface area contributed by atoms with Crippen molar-refractivity contribution in [3.8, 4) is 17.0 Å². The second-order valence-electron chi connectivity index (χ2n) is 11.1. The van der Waals surface area contributed by atoms with Gasteiger partial charge in [0.15, 0.2) is 22.3 Å². The number of para-hydroxylation sites is 1. The minimum absolute atomic E-state index is 0.0493. The van der Waals surface area contributed by atoms with Crippen molar-refractivity contribution < 1.29 is 23.5 Å². The second kappa shape index (κ2) is 13.0. The number of amides is 2. The number of carbonyl (C=O) groups is 2. The Balaban J connectivity index is 1.48. The number of aryl methyl sites for hydroxylation is 1. The summed E-state index contributed by atoms with van der Waals surface area (Å²) < 4.78 is 24.9. The number of aromatic nitrogens is 4. The van der Waals surface area contributed by atoms with Gasteiger partial charge < -0.3 is 30.3 Å². The number of rotatable bonds is 9. The molecule has 0 bridgehead atoms. The van der Waals surface area contributed by atoms with Crippen LogP contribution in [0.1, 0.15) is 25.9 Å². The Kier molecular flexibility index (Phi) is 9.15. The van der Waals surface area contributed by atoms with Crippen molar-refractivity contribution in [1.82, 2.24) is 30.4 Å². The van der Waals surface area contributed by atoms with Gasteiger partial charge in [-0.2, -0.15) is 0 Å². The highest BCUT2D eigenvalue weighted by molar-refractivity contribution is 7.12. The Hall–Kier alpha value is -4.50. The third kappa shape index (κ3) is 7.17. The van der Waals surface area contributed by atoms with E-state index in [0.717, 1.165) is 6.20 Å². The van der Waals surface area contributed by atoms with Gasteiger partial charge in [0.25, 0.3) is 11.8 Å². The van der Waals surface area contributed by atoms with Crippen molar-refractivity contribution in [2.45, 2.75) is 12.2 Å². The van der Waals surface area contributed by atoms with Crippen LogP contribution < -0.4 is 20.7 Å². The molecule has 17 heteroatoms. The first-order valence-electron chi connectivity index (χ1n) is 13.9. The number of ether oxygens (including phenoxy) is 2. The summed E-state index contributed by atoms with van der Waals surface area (Å²) in [6.07, 6.45) is 1.12. The molecular weight excluding hydrogens is 584 g/mol. The Morgan fingerprint density at radius 2 is 1.86 bits per heavy atom. The number of anilines is 4. The van der Waals surface area contributed by atoms with Gasteiger partial charge >= 0.3 is 0 Å². The summed E-state index contributed by atoms with van der Waals surface area (Å²) in [5, 5.41) is 19.2. The Morgan fingerprint density at radius 1 is 1.09 bits per heavy atom. The standard InChI is InChI=1S/C27H30B3FN8O4S/c1-14-10-20(32-12-16(14)31)35-21-11-18(22(38-37-21)24(40)36-27(28,29)30)33-17-5-3-4-15(23(17)42-2)19-13-44-25(34-19)26(41)39-6-8-43-9-7-39/h3-5,10-13H,6-9,28-30H2,1-2H3,(H,36,40)(H2,32,33,35,37). The van der Waals surface area contributed by atoms with E-state index in [0.29, 0.717) is 71.1 Å². The predicted octanol–water partition coefficient (Wildman–Crippen LogP) is 0.651. The van der Waals surface area contributed by atoms with Crippen LogP contribution >= 0.6 is 11.3 Å². The lowest BCUT2D eigenvalue weighted by molar-refractivity contribution is 0.0302. The Labute approximate surface area is 260 Å². The zero-order valence-electron chi connectivity index (χ0n) is 25.0. The number of methoxy groups -OCH3 is 1. The average molecular weight is 614 g/mol. The maximum absolute atomic E-state index is 13.8. The molecule has 0 saturated carbocycles. The molecule has 3 aromatic heterocycles. The van der Waals surface area contributed by atoms with E-state index in [-0.39, 0.29) is 17.4 Å². The molecule has 0 radical (unpaired) electrons. The lowest BCUT2D eigenvalue weighted by Gasteiger charge is -2.25. The minimum atomic E-state index is -0.527. The Morgan fingerprint density at radius 3 is 2.57 bits per heavy atom. The summed E-state index contributed by atoms with van der Waals surface area (Å²) in [6.45, 7) is 3.68. The molecule has 1 aliphatic heterocycles. The van der Waals surface area contributed by atoms with Gasteiger partial charge in [0.1, 0.15) is 35.2 Å². The monoisotopic (exact) mass is 614 g/mol. The molecule has 5 rings (SSSR count). The van der Waals surface area contributed by atoms with Crippen molar-refractivity contribution >= 4 is 69.7 Å². The first kappa shape index (κ1) is 30.9. The third-order valence-corrected chi connectivity index (χ3v) is 7.38. The van der Waals surface area contributed by atoms with Crippen molar-refractivity contribution in [3.63, 3.8) is 0 Å². The van der Waals surface area contributed by atoms with Crippen LogP contribution in [0, 0.1) is 12.7 Å². The molecule has 1 aromatic carbocycles. The first-order chi connectivity index (χ1) is 21.0. The van der Waals surface area contributed by atoms with Crippen molar-refractivity contribution in [1.29, 1.82) is 0 Å². The number of halogens is 1. The molecule has 3 N–H and O–H groups in total. The van der Waals surface area contributed by atoms with Crippen LogP contribution in [-0.2, 0) is 4.74 Å². The van der Waals surface area contributed by atoms with Crippen LogP contribution in [0.25, 0.3) is 11.3 Å². The first-order valence-corrected chi connectivity index (χ1v) is 14.8. The van der Waals surface area contributed by atoms with Gasteiger partial charge in [-0.25, -0.2) is 14.4 Å². The van der Waals surface area contributed by atoms with E-state index in [1.165, 1.54) is 18.4 Å². The highest BCUT2D eigenvalue weighted by Gasteiger charge is 2.25. The molecule has 1 saturated heterocycles. The number of morpholine rings is 1. The topological polar surface area (TPSA) is 143 Å². The molecule has 224 valence electrons. The maximum Gasteiger partial charge on any atom is 0.283 e. The highest BCUT2D eigenvalue weighted by atomic mass is 32.1. The van der Waals surface area contributed by atoms with E-state index in [9.17, 15) is 14.0 Å². The lowest BCUT2D eigenvalue weighted by atomic mass is 9.49. The fourth-order valence-electron chi connectivity index (χ4n) is 4.45. The van der Waals surface area contributed by atoms with Gasteiger partial charge in [0.2, 0.25) is 0 Å². The molecule has 0 aliphatic carbocycles. The van der Waals surface area contributed by atoms with Crippen LogP contribution in [0.3, 0.4) is 0 Å². The molecule has 0 spiro atoms. The minimum Gasteiger partial charge on any atom is -0.494 e. The maximum atomic E-state index is 13.8. The molecule has 1 fully saturated rings. The zero-order valence-corrected chi connectivity index (χ0v) is 25.8.